The van der Waals surface area contributed by atoms with Crippen LogP contribution in [0, 0.1) is 0 Å². The smallest absolute Gasteiger partial charge is 0.337 e. The van der Waals surface area contributed by atoms with Gasteiger partial charge in [-0.15, -0.1) is 0 Å². The first-order valence-corrected chi connectivity index (χ1v) is 8.12. The van der Waals surface area contributed by atoms with Gasteiger partial charge >= 0.3 is 5.97 Å². The second-order valence-corrected chi connectivity index (χ2v) is 5.41. The summed E-state index contributed by atoms with van der Waals surface area (Å²) in [5, 5.41) is 13.2. The van der Waals surface area contributed by atoms with Crippen molar-refractivity contribution in [2.75, 3.05) is 38.0 Å². The molecular formula is C17H19N7O3. The Bertz CT molecular complexity index is 896. The van der Waals surface area contributed by atoms with Gasteiger partial charge in [0.05, 0.1) is 25.0 Å². The molecule has 0 atom stereocenters. The lowest BCUT2D eigenvalue weighted by molar-refractivity contribution is 0.0601. The van der Waals surface area contributed by atoms with E-state index in [9.17, 15) is 4.79 Å². The molecule has 140 valence electrons. The first-order chi connectivity index (χ1) is 13.2. The number of benzene rings is 1. The van der Waals surface area contributed by atoms with Crippen LogP contribution in [-0.4, -0.2) is 58.5 Å². The molecule has 10 heteroatoms. The minimum atomic E-state index is -0.377. The van der Waals surface area contributed by atoms with E-state index < -0.39 is 0 Å². The van der Waals surface area contributed by atoms with E-state index >= 15 is 0 Å². The minimum Gasteiger partial charge on any atom is -0.465 e. The van der Waals surface area contributed by atoms with E-state index in [0.717, 1.165) is 11.3 Å². The topological polar surface area (TPSA) is 127 Å². The quantitative estimate of drug-likeness (QED) is 0.402. The van der Waals surface area contributed by atoms with Crippen LogP contribution in [-0.2, 0) is 9.47 Å². The Morgan fingerprint density at radius 3 is 2.67 bits per heavy atom. The fraction of sp³-hybridized carbons (Fsp3) is 0.235. The van der Waals surface area contributed by atoms with Gasteiger partial charge in [-0.25, -0.2) is 14.8 Å². The van der Waals surface area contributed by atoms with Gasteiger partial charge in [-0.1, -0.05) is 12.1 Å². The fourth-order valence-corrected chi connectivity index (χ4v) is 2.26. The molecule has 0 amide bonds. The Labute approximate surface area is 155 Å². The molecule has 0 unspecified atom stereocenters. The molecule has 3 rings (SSSR count). The third-order valence-corrected chi connectivity index (χ3v) is 3.60. The van der Waals surface area contributed by atoms with E-state index in [2.05, 4.69) is 35.8 Å². The summed E-state index contributed by atoms with van der Waals surface area (Å²) in [6.07, 6.45) is 1.41. The third kappa shape index (κ3) is 4.76. The molecule has 0 radical (unpaired) electrons. The summed E-state index contributed by atoms with van der Waals surface area (Å²) < 4.78 is 9.66. The van der Waals surface area contributed by atoms with Gasteiger partial charge in [-0.2, -0.15) is 10.1 Å². The maximum atomic E-state index is 11.5. The summed E-state index contributed by atoms with van der Waals surface area (Å²) in [5.74, 6) is 0.983. The van der Waals surface area contributed by atoms with Crippen molar-refractivity contribution < 1.29 is 14.3 Å². The lowest BCUT2D eigenvalue weighted by atomic mass is 10.1. The third-order valence-electron chi connectivity index (χ3n) is 3.60. The highest BCUT2D eigenvalue weighted by Crippen LogP contribution is 2.21. The van der Waals surface area contributed by atoms with Crippen molar-refractivity contribution in [3.8, 4) is 11.3 Å². The summed E-state index contributed by atoms with van der Waals surface area (Å²) in [5.41, 5.74) is 2.14. The fourth-order valence-electron chi connectivity index (χ4n) is 2.26. The van der Waals surface area contributed by atoms with Crippen LogP contribution in [0.25, 0.3) is 11.3 Å². The van der Waals surface area contributed by atoms with Crippen molar-refractivity contribution in [2.24, 2.45) is 0 Å². The number of aromatic nitrogens is 5. The van der Waals surface area contributed by atoms with Crippen LogP contribution in [0.4, 0.5) is 17.7 Å². The molecule has 0 aliphatic carbocycles. The second-order valence-electron chi connectivity index (χ2n) is 5.41. The molecule has 0 fully saturated rings. The number of nitrogens with one attached hydrogen (secondary N) is 3. The second kappa shape index (κ2) is 8.72. The number of nitrogens with zero attached hydrogens (tertiary/aromatic N) is 4. The van der Waals surface area contributed by atoms with E-state index in [1.165, 1.54) is 13.4 Å². The summed E-state index contributed by atoms with van der Waals surface area (Å²) in [7, 11) is 2.98. The summed E-state index contributed by atoms with van der Waals surface area (Å²) in [6, 6.07) is 8.82. The van der Waals surface area contributed by atoms with Gasteiger partial charge in [0.15, 0.2) is 5.82 Å². The highest BCUT2D eigenvalue weighted by Gasteiger charge is 2.09. The molecule has 0 saturated heterocycles. The molecule has 0 bridgehead atoms. The van der Waals surface area contributed by atoms with Crippen LogP contribution in [0.15, 0.2) is 36.7 Å². The molecule has 3 N–H and O–H groups in total. The Balaban J connectivity index is 1.67. The first-order valence-electron chi connectivity index (χ1n) is 8.12. The number of aromatic amines is 1. The van der Waals surface area contributed by atoms with Gasteiger partial charge in [0, 0.05) is 19.7 Å². The van der Waals surface area contributed by atoms with Crippen LogP contribution in [0.1, 0.15) is 10.4 Å². The highest BCUT2D eigenvalue weighted by atomic mass is 16.5. The molecule has 0 saturated carbocycles. The molecule has 0 aliphatic rings. The lowest BCUT2D eigenvalue weighted by Crippen LogP contribution is -2.11. The molecule has 0 aliphatic heterocycles. The van der Waals surface area contributed by atoms with E-state index in [0.29, 0.717) is 36.4 Å². The van der Waals surface area contributed by atoms with Crippen LogP contribution >= 0.6 is 0 Å². The maximum Gasteiger partial charge on any atom is 0.337 e. The predicted molar refractivity (Wildman–Crippen MR) is 98.8 cm³/mol. The molecule has 3 aromatic rings. The average molecular weight is 369 g/mol. The number of rotatable bonds is 8. The van der Waals surface area contributed by atoms with Crippen LogP contribution < -0.4 is 10.6 Å². The van der Waals surface area contributed by atoms with Gasteiger partial charge in [0.25, 0.3) is 0 Å². The van der Waals surface area contributed by atoms with Gasteiger partial charge < -0.3 is 20.1 Å². The molecular weight excluding hydrogens is 350 g/mol. The molecule has 2 heterocycles. The Morgan fingerprint density at radius 1 is 1.15 bits per heavy atom. The zero-order valence-electron chi connectivity index (χ0n) is 14.9. The van der Waals surface area contributed by atoms with Crippen LogP contribution in [0.3, 0.4) is 0 Å². The summed E-state index contributed by atoms with van der Waals surface area (Å²) in [6.45, 7) is 1.14. The number of hydrogen-bond donors (Lipinski definition) is 3. The maximum absolute atomic E-state index is 11.5. The highest BCUT2D eigenvalue weighted by molar-refractivity contribution is 5.89. The van der Waals surface area contributed by atoms with E-state index in [4.69, 9.17) is 9.47 Å². The van der Waals surface area contributed by atoms with Crippen molar-refractivity contribution in [3.05, 3.63) is 42.2 Å². The van der Waals surface area contributed by atoms with Crippen LogP contribution in [0.5, 0.6) is 0 Å². The van der Waals surface area contributed by atoms with Gasteiger partial charge in [0.2, 0.25) is 11.9 Å². The number of methoxy groups -OCH3 is 2. The van der Waals surface area contributed by atoms with Crippen LogP contribution in [0.2, 0.25) is 0 Å². The monoisotopic (exact) mass is 369 g/mol. The number of carbonyl (C=O) groups is 1. The Hall–Kier alpha value is -3.53. The number of anilines is 3. The average Bonchev–Trinajstić information content (AvgIpc) is 3.16. The van der Waals surface area contributed by atoms with E-state index in [1.807, 2.05) is 18.2 Å². The molecule has 1 aromatic carbocycles. The summed E-state index contributed by atoms with van der Waals surface area (Å²) in [4.78, 5) is 23.9. The van der Waals surface area contributed by atoms with Crippen molar-refractivity contribution in [1.29, 1.82) is 0 Å². The van der Waals surface area contributed by atoms with Gasteiger partial charge in [0.1, 0.15) is 6.33 Å². The Kier molecular flexibility index (Phi) is 5.90. The molecule has 2 aromatic heterocycles. The molecule has 10 nitrogen and oxygen atoms in total. The van der Waals surface area contributed by atoms with E-state index in [-0.39, 0.29) is 5.97 Å². The van der Waals surface area contributed by atoms with Crippen molar-refractivity contribution in [3.63, 3.8) is 0 Å². The Morgan fingerprint density at radius 2 is 1.93 bits per heavy atom. The lowest BCUT2D eigenvalue weighted by Gasteiger charge is -2.05. The predicted octanol–water partition coefficient (Wildman–Crippen LogP) is 1.85. The number of H-pyrrole nitrogens is 1. The van der Waals surface area contributed by atoms with Crippen molar-refractivity contribution in [2.45, 2.75) is 0 Å². The molecule has 27 heavy (non-hydrogen) atoms. The molecule has 0 spiro atoms. The largest absolute Gasteiger partial charge is 0.465 e. The zero-order chi connectivity index (χ0) is 19.1. The van der Waals surface area contributed by atoms with Crippen molar-refractivity contribution >= 4 is 23.7 Å². The summed E-state index contributed by atoms with van der Waals surface area (Å²) >= 11 is 0. The number of carbonyl (C=O) groups excluding carboxylic acids is 1. The van der Waals surface area contributed by atoms with Crippen molar-refractivity contribution in [1.82, 2.24) is 25.1 Å². The van der Waals surface area contributed by atoms with Gasteiger partial charge in [-0.05, 0) is 17.7 Å². The SMILES string of the molecule is COCCNc1ncnc(Nc2cc(-c3ccc(C(=O)OC)cc3)[nH]n2)n1. The van der Waals surface area contributed by atoms with E-state index in [1.54, 1.807) is 19.2 Å². The number of ether oxygens (including phenoxy) is 2. The standard InChI is InChI=1S/C17H19N7O3/c1-26-8-7-18-16-19-10-20-17(22-16)21-14-9-13(23-24-14)11-3-5-12(6-4-11)15(25)27-2/h3-6,9-10H,7-8H2,1-2H3,(H3,18,19,20,21,22,23,24). The normalized spacial score (nSPS) is 10.4. The number of esters is 1. The number of hydrogen-bond acceptors (Lipinski definition) is 9. The van der Waals surface area contributed by atoms with Gasteiger partial charge in [-0.3, -0.25) is 5.10 Å². The minimum absolute atomic E-state index is 0.365. The first kappa shape index (κ1) is 18.3. The zero-order valence-corrected chi connectivity index (χ0v) is 14.9.